The Morgan fingerprint density at radius 2 is 2.13 bits per heavy atom. The minimum atomic E-state index is -0.715. The highest BCUT2D eigenvalue weighted by Gasteiger charge is 2.10. The molecule has 0 amide bonds. The topological polar surface area (TPSA) is 37.3 Å². The summed E-state index contributed by atoms with van der Waals surface area (Å²) in [5, 5.41) is 8.72. The van der Waals surface area contributed by atoms with E-state index in [9.17, 15) is 4.79 Å². The standard InChI is InChI=1S/C12H16O2S/c1-9-5-3-4-6-11(9)8-15-7-10(2)12(13)14/h3-6,10H,7-8H2,1-2H3,(H,13,14). The second-order valence-corrected chi connectivity index (χ2v) is 4.71. The van der Waals surface area contributed by atoms with Gasteiger partial charge in [0, 0.05) is 11.5 Å². The molecule has 0 aromatic heterocycles. The molecular weight excluding hydrogens is 208 g/mol. The largest absolute Gasteiger partial charge is 0.481 e. The predicted molar refractivity (Wildman–Crippen MR) is 64.1 cm³/mol. The van der Waals surface area contributed by atoms with Gasteiger partial charge in [-0.3, -0.25) is 4.79 Å². The molecule has 2 nitrogen and oxygen atoms in total. The average molecular weight is 224 g/mol. The van der Waals surface area contributed by atoms with Crippen molar-refractivity contribution in [3.63, 3.8) is 0 Å². The third-order valence-corrected chi connectivity index (χ3v) is 3.56. The molecule has 1 aromatic carbocycles. The Morgan fingerprint density at radius 3 is 2.73 bits per heavy atom. The Morgan fingerprint density at radius 1 is 1.47 bits per heavy atom. The molecular formula is C12H16O2S. The van der Waals surface area contributed by atoms with Gasteiger partial charge in [0.2, 0.25) is 0 Å². The number of carbonyl (C=O) groups is 1. The molecule has 1 N–H and O–H groups in total. The van der Waals surface area contributed by atoms with E-state index in [0.717, 1.165) is 5.75 Å². The number of benzene rings is 1. The van der Waals surface area contributed by atoms with Gasteiger partial charge in [-0.05, 0) is 18.1 Å². The van der Waals surface area contributed by atoms with Crippen LogP contribution in [0.5, 0.6) is 0 Å². The smallest absolute Gasteiger partial charge is 0.307 e. The lowest BCUT2D eigenvalue weighted by atomic mass is 10.1. The van der Waals surface area contributed by atoms with Crippen LogP contribution in [0.1, 0.15) is 18.1 Å². The van der Waals surface area contributed by atoms with E-state index in [1.807, 2.05) is 12.1 Å². The lowest BCUT2D eigenvalue weighted by Gasteiger charge is -2.07. The molecule has 0 bridgehead atoms. The highest BCUT2D eigenvalue weighted by atomic mass is 32.2. The van der Waals surface area contributed by atoms with Crippen molar-refractivity contribution < 1.29 is 9.90 Å². The van der Waals surface area contributed by atoms with Gasteiger partial charge in [-0.2, -0.15) is 11.8 Å². The van der Waals surface area contributed by atoms with Crippen molar-refractivity contribution >= 4 is 17.7 Å². The third kappa shape index (κ3) is 3.96. The van der Waals surface area contributed by atoms with Gasteiger partial charge in [0.25, 0.3) is 0 Å². The van der Waals surface area contributed by atoms with Crippen LogP contribution in [0.4, 0.5) is 0 Å². The molecule has 1 rings (SSSR count). The number of aliphatic carboxylic acids is 1. The van der Waals surface area contributed by atoms with E-state index in [1.54, 1.807) is 18.7 Å². The zero-order valence-electron chi connectivity index (χ0n) is 9.06. The lowest BCUT2D eigenvalue weighted by molar-refractivity contribution is -0.140. The molecule has 15 heavy (non-hydrogen) atoms. The number of hydrogen-bond donors (Lipinski definition) is 1. The highest BCUT2D eigenvalue weighted by Crippen LogP contribution is 2.18. The summed E-state index contributed by atoms with van der Waals surface area (Å²) >= 11 is 1.68. The zero-order valence-corrected chi connectivity index (χ0v) is 9.88. The van der Waals surface area contributed by atoms with Gasteiger partial charge in [-0.15, -0.1) is 0 Å². The summed E-state index contributed by atoms with van der Waals surface area (Å²) in [5.74, 6) is 0.583. The van der Waals surface area contributed by atoms with E-state index >= 15 is 0 Å². The molecule has 1 atom stereocenters. The maximum atomic E-state index is 10.6. The van der Waals surface area contributed by atoms with Crippen molar-refractivity contribution in [1.82, 2.24) is 0 Å². The normalized spacial score (nSPS) is 12.4. The van der Waals surface area contributed by atoms with Gasteiger partial charge >= 0.3 is 5.97 Å². The fourth-order valence-electron chi connectivity index (χ4n) is 1.19. The van der Waals surface area contributed by atoms with Crippen LogP contribution in [0.2, 0.25) is 0 Å². The van der Waals surface area contributed by atoms with E-state index in [4.69, 9.17) is 5.11 Å². The Balaban J connectivity index is 2.38. The van der Waals surface area contributed by atoms with Crippen LogP contribution in [0, 0.1) is 12.8 Å². The van der Waals surface area contributed by atoms with E-state index in [-0.39, 0.29) is 5.92 Å². The van der Waals surface area contributed by atoms with Crippen LogP contribution < -0.4 is 0 Å². The Kier molecular flexibility index (Phi) is 4.69. The minimum absolute atomic E-state index is 0.265. The summed E-state index contributed by atoms with van der Waals surface area (Å²) in [6, 6.07) is 8.21. The van der Waals surface area contributed by atoms with Crippen LogP contribution in [-0.4, -0.2) is 16.8 Å². The Bertz CT molecular complexity index is 336. The number of carboxylic acid groups (broad SMARTS) is 1. The highest BCUT2D eigenvalue weighted by molar-refractivity contribution is 7.98. The molecule has 0 fully saturated rings. The van der Waals surface area contributed by atoms with Gasteiger partial charge in [0.05, 0.1) is 5.92 Å². The summed E-state index contributed by atoms with van der Waals surface area (Å²) < 4.78 is 0. The SMILES string of the molecule is Cc1ccccc1CSCC(C)C(=O)O. The molecule has 0 saturated carbocycles. The summed E-state index contributed by atoms with van der Waals surface area (Å²) in [5.41, 5.74) is 2.56. The maximum Gasteiger partial charge on any atom is 0.307 e. The summed E-state index contributed by atoms with van der Waals surface area (Å²) in [6.45, 7) is 3.82. The average Bonchev–Trinajstić information content (AvgIpc) is 2.20. The first kappa shape index (κ1) is 12.1. The van der Waals surface area contributed by atoms with Gasteiger partial charge in [0.15, 0.2) is 0 Å². The van der Waals surface area contributed by atoms with E-state index in [0.29, 0.717) is 5.75 Å². The quantitative estimate of drug-likeness (QED) is 0.835. The molecule has 0 aliphatic heterocycles. The van der Waals surface area contributed by atoms with Crippen LogP contribution in [-0.2, 0) is 10.5 Å². The van der Waals surface area contributed by atoms with Gasteiger partial charge in [-0.1, -0.05) is 31.2 Å². The fraction of sp³-hybridized carbons (Fsp3) is 0.417. The van der Waals surface area contributed by atoms with Gasteiger partial charge in [0.1, 0.15) is 0 Å². The van der Waals surface area contributed by atoms with E-state index < -0.39 is 5.97 Å². The van der Waals surface area contributed by atoms with Crippen LogP contribution in [0.25, 0.3) is 0 Å². The first-order valence-electron chi connectivity index (χ1n) is 4.96. The Labute approximate surface area is 94.7 Å². The van der Waals surface area contributed by atoms with Crippen molar-refractivity contribution in [3.8, 4) is 0 Å². The number of thioether (sulfide) groups is 1. The zero-order chi connectivity index (χ0) is 11.3. The summed E-state index contributed by atoms with van der Waals surface area (Å²) in [6.07, 6.45) is 0. The number of rotatable bonds is 5. The van der Waals surface area contributed by atoms with Crippen molar-refractivity contribution in [1.29, 1.82) is 0 Å². The molecule has 3 heteroatoms. The van der Waals surface area contributed by atoms with Gasteiger partial charge < -0.3 is 5.11 Å². The second-order valence-electron chi connectivity index (χ2n) is 3.68. The summed E-state index contributed by atoms with van der Waals surface area (Å²) in [7, 11) is 0. The van der Waals surface area contributed by atoms with Crippen molar-refractivity contribution in [3.05, 3.63) is 35.4 Å². The van der Waals surface area contributed by atoms with Crippen molar-refractivity contribution in [2.45, 2.75) is 19.6 Å². The first-order valence-corrected chi connectivity index (χ1v) is 6.11. The first-order chi connectivity index (χ1) is 7.11. The molecule has 1 aromatic rings. The monoisotopic (exact) mass is 224 g/mol. The molecule has 0 saturated heterocycles. The van der Waals surface area contributed by atoms with Crippen molar-refractivity contribution in [2.24, 2.45) is 5.92 Å². The maximum absolute atomic E-state index is 10.6. The number of carboxylic acids is 1. The van der Waals surface area contributed by atoms with Crippen LogP contribution in [0.3, 0.4) is 0 Å². The predicted octanol–water partition coefficient (Wildman–Crippen LogP) is 2.95. The lowest BCUT2D eigenvalue weighted by Crippen LogP contribution is -2.11. The van der Waals surface area contributed by atoms with E-state index in [2.05, 4.69) is 19.1 Å². The fourth-order valence-corrected chi connectivity index (χ4v) is 2.35. The summed E-state index contributed by atoms with van der Waals surface area (Å²) in [4.78, 5) is 10.6. The van der Waals surface area contributed by atoms with E-state index in [1.165, 1.54) is 11.1 Å². The van der Waals surface area contributed by atoms with Crippen LogP contribution >= 0.6 is 11.8 Å². The van der Waals surface area contributed by atoms with Gasteiger partial charge in [-0.25, -0.2) is 0 Å². The molecule has 0 aliphatic rings. The minimum Gasteiger partial charge on any atom is -0.481 e. The Hall–Kier alpha value is -0.960. The third-order valence-electron chi connectivity index (χ3n) is 2.31. The molecule has 0 spiro atoms. The van der Waals surface area contributed by atoms with Crippen molar-refractivity contribution in [2.75, 3.05) is 5.75 Å². The molecule has 0 aliphatic carbocycles. The van der Waals surface area contributed by atoms with Crippen LogP contribution in [0.15, 0.2) is 24.3 Å². The number of hydrogen-bond acceptors (Lipinski definition) is 2. The molecule has 82 valence electrons. The molecule has 1 unspecified atom stereocenters. The number of aryl methyl sites for hydroxylation is 1. The molecule has 0 heterocycles. The second kappa shape index (κ2) is 5.81. The molecule has 0 radical (unpaired) electrons.